The highest BCUT2D eigenvalue weighted by atomic mass is 16.3. The van der Waals surface area contributed by atoms with Crippen LogP contribution < -0.4 is 5.32 Å². The molecule has 0 bridgehead atoms. The third kappa shape index (κ3) is 6.46. The highest BCUT2D eigenvalue weighted by Gasteiger charge is 2.20. The van der Waals surface area contributed by atoms with Crippen molar-refractivity contribution in [2.45, 2.75) is 52.5 Å². The summed E-state index contributed by atoms with van der Waals surface area (Å²) < 4.78 is 0. The van der Waals surface area contributed by atoms with Gasteiger partial charge >= 0.3 is 0 Å². The average molecular weight is 230 g/mol. The minimum atomic E-state index is -0.0853. The van der Waals surface area contributed by atoms with Gasteiger partial charge in [0.25, 0.3) is 0 Å². The van der Waals surface area contributed by atoms with Crippen LogP contribution >= 0.6 is 0 Å². The molecule has 0 aliphatic rings. The molecule has 0 spiro atoms. The molecule has 0 aromatic carbocycles. The second-order valence-electron chi connectivity index (χ2n) is 4.73. The van der Waals surface area contributed by atoms with E-state index in [1.165, 1.54) is 19.4 Å². The number of rotatable bonds is 10. The molecule has 3 nitrogen and oxygen atoms in total. The summed E-state index contributed by atoms with van der Waals surface area (Å²) in [5, 5.41) is 12.7. The largest absolute Gasteiger partial charge is 0.394 e. The zero-order valence-electron chi connectivity index (χ0n) is 11.6. The predicted molar refractivity (Wildman–Crippen MR) is 70.8 cm³/mol. The first-order valence-electron chi connectivity index (χ1n) is 6.70. The van der Waals surface area contributed by atoms with Gasteiger partial charge in [-0.3, -0.25) is 0 Å². The number of hydrogen-bond donors (Lipinski definition) is 2. The number of aliphatic hydroxyl groups excluding tert-OH is 1. The minimum absolute atomic E-state index is 0.0853. The summed E-state index contributed by atoms with van der Waals surface area (Å²) in [7, 11) is 0. The molecule has 0 rings (SSSR count). The van der Waals surface area contributed by atoms with Crippen LogP contribution in [0.3, 0.4) is 0 Å². The van der Waals surface area contributed by atoms with E-state index >= 15 is 0 Å². The van der Waals surface area contributed by atoms with Gasteiger partial charge < -0.3 is 15.3 Å². The Morgan fingerprint density at radius 1 is 1.12 bits per heavy atom. The number of likely N-dealkylation sites (N-methyl/N-ethyl adjacent to an activating group) is 1. The highest BCUT2D eigenvalue weighted by molar-refractivity contribution is 4.81. The molecular formula is C13H30N2O. The topological polar surface area (TPSA) is 35.5 Å². The zero-order chi connectivity index (χ0) is 12.4. The number of unbranched alkanes of at least 4 members (excludes halogenated alkanes) is 1. The molecule has 0 heterocycles. The fourth-order valence-corrected chi connectivity index (χ4v) is 2.04. The molecule has 3 heteroatoms. The van der Waals surface area contributed by atoms with Crippen LogP contribution in [0.5, 0.6) is 0 Å². The fraction of sp³-hybridized carbons (Fsp3) is 1.00. The Bertz CT molecular complexity index is 160. The standard InChI is InChI=1S/C13H30N2O/c1-5-14-13(4,12-16)10-8-9-11-15(6-2)7-3/h14,16H,5-12H2,1-4H3. The summed E-state index contributed by atoms with van der Waals surface area (Å²) in [5.41, 5.74) is -0.0853. The molecular weight excluding hydrogens is 200 g/mol. The zero-order valence-corrected chi connectivity index (χ0v) is 11.6. The van der Waals surface area contributed by atoms with Crippen molar-refractivity contribution in [3.63, 3.8) is 0 Å². The molecule has 16 heavy (non-hydrogen) atoms. The normalized spacial score (nSPS) is 15.4. The molecule has 1 unspecified atom stereocenters. The summed E-state index contributed by atoms with van der Waals surface area (Å²) in [4.78, 5) is 2.45. The molecule has 0 aromatic heterocycles. The van der Waals surface area contributed by atoms with Gasteiger partial charge in [0.2, 0.25) is 0 Å². The summed E-state index contributed by atoms with van der Waals surface area (Å²) in [6, 6.07) is 0. The summed E-state index contributed by atoms with van der Waals surface area (Å²) in [6.45, 7) is 13.2. The van der Waals surface area contributed by atoms with Crippen molar-refractivity contribution in [1.82, 2.24) is 10.2 Å². The van der Waals surface area contributed by atoms with Crippen LogP contribution in [-0.4, -0.2) is 48.3 Å². The monoisotopic (exact) mass is 230 g/mol. The van der Waals surface area contributed by atoms with E-state index in [-0.39, 0.29) is 12.1 Å². The van der Waals surface area contributed by atoms with E-state index in [1.807, 2.05) is 0 Å². The van der Waals surface area contributed by atoms with E-state index < -0.39 is 0 Å². The smallest absolute Gasteiger partial charge is 0.0610 e. The van der Waals surface area contributed by atoms with Gasteiger partial charge in [-0.2, -0.15) is 0 Å². The fourth-order valence-electron chi connectivity index (χ4n) is 2.04. The SMILES string of the molecule is CCNC(C)(CO)CCCCN(CC)CC. The van der Waals surface area contributed by atoms with Crippen LogP contribution in [0.15, 0.2) is 0 Å². The van der Waals surface area contributed by atoms with Gasteiger partial charge in [-0.25, -0.2) is 0 Å². The molecule has 98 valence electrons. The van der Waals surface area contributed by atoms with Gasteiger partial charge in [0.1, 0.15) is 0 Å². The van der Waals surface area contributed by atoms with Crippen LogP contribution in [-0.2, 0) is 0 Å². The summed E-state index contributed by atoms with van der Waals surface area (Å²) in [5.74, 6) is 0. The van der Waals surface area contributed by atoms with Gasteiger partial charge in [0.05, 0.1) is 6.61 Å². The van der Waals surface area contributed by atoms with Crippen LogP contribution in [0.25, 0.3) is 0 Å². The van der Waals surface area contributed by atoms with Crippen molar-refractivity contribution >= 4 is 0 Å². The van der Waals surface area contributed by atoms with Crippen LogP contribution in [0, 0.1) is 0 Å². The van der Waals surface area contributed by atoms with Crippen LogP contribution in [0.1, 0.15) is 47.0 Å². The number of nitrogens with one attached hydrogen (secondary N) is 1. The third-order valence-electron chi connectivity index (χ3n) is 3.30. The maximum Gasteiger partial charge on any atom is 0.0610 e. The van der Waals surface area contributed by atoms with E-state index in [2.05, 4.69) is 37.9 Å². The van der Waals surface area contributed by atoms with Gasteiger partial charge in [-0.1, -0.05) is 27.2 Å². The Balaban J connectivity index is 3.70. The van der Waals surface area contributed by atoms with Gasteiger partial charge in [0, 0.05) is 5.54 Å². The van der Waals surface area contributed by atoms with Crippen molar-refractivity contribution in [2.75, 3.05) is 32.8 Å². The molecule has 1 atom stereocenters. The maximum atomic E-state index is 9.34. The lowest BCUT2D eigenvalue weighted by molar-refractivity contribution is 0.163. The summed E-state index contributed by atoms with van der Waals surface area (Å²) in [6.07, 6.45) is 3.46. The Hall–Kier alpha value is -0.120. The molecule has 2 N–H and O–H groups in total. The van der Waals surface area contributed by atoms with Gasteiger partial charge in [0.15, 0.2) is 0 Å². The molecule has 0 saturated heterocycles. The average Bonchev–Trinajstić information content (AvgIpc) is 2.30. The van der Waals surface area contributed by atoms with Crippen molar-refractivity contribution in [1.29, 1.82) is 0 Å². The lowest BCUT2D eigenvalue weighted by Crippen LogP contribution is -2.45. The quantitative estimate of drug-likeness (QED) is 0.562. The van der Waals surface area contributed by atoms with Crippen molar-refractivity contribution in [3.8, 4) is 0 Å². The summed E-state index contributed by atoms with van der Waals surface area (Å²) >= 11 is 0. The van der Waals surface area contributed by atoms with Crippen molar-refractivity contribution in [2.24, 2.45) is 0 Å². The molecule has 0 amide bonds. The lowest BCUT2D eigenvalue weighted by atomic mass is 9.95. The minimum Gasteiger partial charge on any atom is -0.394 e. The second kappa shape index (κ2) is 8.97. The number of aliphatic hydroxyl groups is 1. The van der Waals surface area contributed by atoms with Crippen LogP contribution in [0.4, 0.5) is 0 Å². The number of hydrogen-bond acceptors (Lipinski definition) is 3. The Labute approximate surface area is 101 Å². The molecule has 0 radical (unpaired) electrons. The Morgan fingerprint density at radius 3 is 2.19 bits per heavy atom. The first kappa shape index (κ1) is 15.9. The van der Waals surface area contributed by atoms with E-state index in [1.54, 1.807) is 0 Å². The van der Waals surface area contributed by atoms with Gasteiger partial charge in [-0.05, 0) is 45.9 Å². The second-order valence-corrected chi connectivity index (χ2v) is 4.73. The van der Waals surface area contributed by atoms with E-state index in [0.29, 0.717) is 0 Å². The first-order chi connectivity index (χ1) is 7.61. The predicted octanol–water partition coefficient (Wildman–Crippen LogP) is 1.86. The maximum absolute atomic E-state index is 9.34. The van der Waals surface area contributed by atoms with E-state index in [9.17, 15) is 5.11 Å². The third-order valence-corrected chi connectivity index (χ3v) is 3.30. The van der Waals surface area contributed by atoms with E-state index in [4.69, 9.17) is 0 Å². The van der Waals surface area contributed by atoms with Crippen LogP contribution in [0.2, 0.25) is 0 Å². The van der Waals surface area contributed by atoms with Gasteiger partial charge in [-0.15, -0.1) is 0 Å². The van der Waals surface area contributed by atoms with Crippen molar-refractivity contribution < 1.29 is 5.11 Å². The van der Waals surface area contributed by atoms with Crippen molar-refractivity contribution in [3.05, 3.63) is 0 Å². The molecule has 0 fully saturated rings. The number of nitrogens with zero attached hydrogens (tertiary/aromatic N) is 1. The Kier molecular flexibility index (Phi) is 8.90. The Morgan fingerprint density at radius 2 is 1.75 bits per heavy atom. The molecule has 0 aliphatic carbocycles. The van der Waals surface area contributed by atoms with E-state index in [0.717, 1.165) is 26.1 Å². The lowest BCUT2D eigenvalue weighted by Gasteiger charge is -2.28. The molecule has 0 aromatic rings. The first-order valence-corrected chi connectivity index (χ1v) is 6.70. The molecule has 0 aliphatic heterocycles. The molecule has 0 saturated carbocycles. The highest BCUT2D eigenvalue weighted by Crippen LogP contribution is 2.13.